The molecule has 0 bridgehead atoms. The predicted octanol–water partition coefficient (Wildman–Crippen LogP) is 16.1. The van der Waals surface area contributed by atoms with Crippen molar-refractivity contribution in [1.82, 2.24) is 5.32 Å². The molecule has 2 heterocycles. The number of carbonyl (C=O) groups is 1. The summed E-state index contributed by atoms with van der Waals surface area (Å²) in [5, 5.41) is 87.7. The Bertz CT molecular complexity index is 1630. The average molecular weight is 1260 g/mol. The molecule has 0 aromatic heterocycles. The van der Waals surface area contributed by atoms with Gasteiger partial charge in [0.15, 0.2) is 12.6 Å². The molecule has 524 valence electrons. The summed E-state index contributed by atoms with van der Waals surface area (Å²) >= 11 is 0. The van der Waals surface area contributed by atoms with Crippen LogP contribution in [0.4, 0.5) is 0 Å². The summed E-state index contributed by atoms with van der Waals surface area (Å²) in [6, 6.07) is -0.835. The Labute approximate surface area is 544 Å². The van der Waals surface area contributed by atoms with Crippen LogP contribution in [0.5, 0.6) is 0 Å². The quantitative estimate of drug-likeness (QED) is 0.0204. The number of hydrogen-bond acceptors (Lipinski definition) is 13. The van der Waals surface area contributed by atoms with Crippen LogP contribution in [0.25, 0.3) is 0 Å². The van der Waals surface area contributed by atoms with Gasteiger partial charge in [-0.3, -0.25) is 4.79 Å². The van der Waals surface area contributed by atoms with Crippen molar-refractivity contribution in [1.29, 1.82) is 0 Å². The van der Waals surface area contributed by atoms with Crippen molar-refractivity contribution in [3.63, 3.8) is 0 Å². The highest BCUT2D eigenvalue weighted by atomic mass is 16.7. The van der Waals surface area contributed by atoms with Crippen molar-refractivity contribution in [3.05, 3.63) is 36.5 Å². The van der Waals surface area contributed by atoms with Gasteiger partial charge in [-0.25, -0.2) is 0 Å². The summed E-state index contributed by atoms with van der Waals surface area (Å²) in [6.07, 6.45) is 60.3. The van der Waals surface area contributed by atoms with Crippen molar-refractivity contribution < 1.29 is 64.6 Å². The van der Waals surface area contributed by atoms with E-state index in [9.17, 15) is 45.6 Å². The number of allylic oxidation sites excluding steroid dienone is 6. The Balaban J connectivity index is 1.63. The second kappa shape index (κ2) is 59.9. The molecule has 2 saturated heterocycles. The fraction of sp³-hybridized carbons (Fsp3) is 0.907. The third-order valence-corrected chi connectivity index (χ3v) is 18.6. The van der Waals surface area contributed by atoms with E-state index in [-0.39, 0.29) is 12.5 Å². The van der Waals surface area contributed by atoms with Crippen molar-refractivity contribution in [3.8, 4) is 0 Å². The van der Waals surface area contributed by atoms with Gasteiger partial charge in [-0.1, -0.05) is 320 Å². The molecule has 0 aromatic rings. The summed E-state index contributed by atoms with van der Waals surface area (Å²) in [5.41, 5.74) is 0. The molecular formula is C75H141NO13. The van der Waals surface area contributed by atoms with Gasteiger partial charge >= 0.3 is 0 Å². The average Bonchev–Trinajstić information content (AvgIpc) is 3.63. The number of amides is 1. The van der Waals surface area contributed by atoms with Gasteiger partial charge < -0.3 is 65.1 Å². The van der Waals surface area contributed by atoms with E-state index in [1.807, 2.05) is 0 Å². The molecule has 89 heavy (non-hydrogen) atoms. The first kappa shape index (κ1) is 83.3. The first-order chi connectivity index (χ1) is 43.6. The summed E-state index contributed by atoms with van der Waals surface area (Å²) in [5.74, 6) is -0.209. The van der Waals surface area contributed by atoms with E-state index in [0.29, 0.717) is 19.3 Å². The Morgan fingerprint density at radius 1 is 0.404 bits per heavy atom. The van der Waals surface area contributed by atoms with Crippen LogP contribution in [0, 0.1) is 0 Å². The molecule has 12 atom stereocenters. The van der Waals surface area contributed by atoms with Gasteiger partial charge in [-0.15, -0.1) is 0 Å². The monoisotopic (exact) mass is 1260 g/mol. The summed E-state index contributed by atoms with van der Waals surface area (Å²) < 4.78 is 22.9. The maximum atomic E-state index is 13.4. The zero-order valence-corrected chi connectivity index (χ0v) is 57.2. The molecule has 2 aliphatic heterocycles. The van der Waals surface area contributed by atoms with Crippen molar-refractivity contribution in [2.75, 3.05) is 19.8 Å². The zero-order chi connectivity index (χ0) is 64.5. The first-order valence-electron chi connectivity index (χ1n) is 37.7. The maximum Gasteiger partial charge on any atom is 0.220 e. The molecule has 0 aliphatic carbocycles. The highest BCUT2D eigenvalue weighted by Crippen LogP contribution is 2.30. The van der Waals surface area contributed by atoms with Crippen LogP contribution in [0.1, 0.15) is 341 Å². The van der Waals surface area contributed by atoms with E-state index in [0.717, 1.165) is 64.2 Å². The number of aliphatic hydroxyl groups is 8. The number of rotatable bonds is 63. The highest BCUT2D eigenvalue weighted by Gasteiger charge is 2.51. The van der Waals surface area contributed by atoms with Crippen molar-refractivity contribution in [2.24, 2.45) is 0 Å². The zero-order valence-electron chi connectivity index (χ0n) is 57.2. The second-order valence-corrected chi connectivity index (χ2v) is 26.8. The Morgan fingerprint density at radius 2 is 0.742 bits per heavy atom. The van der Waals surface area contributed by atoms with Gasteiger partial charge in [0.05, 0.1) is 32.0 Å². The van der Waals surface area contributed by atoms with Crippen LogP contribution in [-0.2, 0) is 23.7 Å². The molecule has 2 rings (SSSR count). The highest BCUT2D eigenvalue weighted by molar-refractivity contribution is 5.76. The normalized spacial score (nSPS) is 23.2. The fourth-order valence-electron chi connectivity index (χ4n) is 12.6. The third kappa shape index (κ3) is 43.7. The number of unbranched alkanes of at least 4 members (excludes halogenated alkanes) is 44. The van der Waals surface area contributed by atoms with Crippen LogP contribution in [0.2, 0.25) is 0 Å². The van der Waals surface area contributed by atoms with Gasteiger partial charge in [0.25, 0.3) is 0 Å². The molecule has 0 aromatic carbocycles. The van der Waals surface area contributed by atoms with E-state index in [1.165, 1.54) is 244 Å². The smallest absolute Gasteiger partial charge is 0.220 e. The molecule has 0 radical (unpaired) electrons. The van der Waals surface area contributed by atoms with Crippen LogP contribution >= 0.6 is 0 Å². The molecule has 1 amide bonds. The number of hydrogen-bond donors (Lipinski definition) is 9. The molecule has 0 saturated carbocycles. The molecule has 0 spiro atoms. The lowest BCUT2D eigenvalue weighted by atomic mass is 9.97. The second-order valence-electron chi connectivity index (χ2n) is 26.8. The topological polar surface area (TPSA) is 228 Å². The van der Waals surface area contributed by atoms with Gasteiger partial charge in [-0.2, -0.15) is 0 Å². The molecular weight excluding hydrogens is 1120 g/mol. The minimum atomic E-state index is -1.78. The minimum absolute atomic E-state index is 0.209. The van der Waals surface area contributed by atoms with E-state index in [1.54, 1.807) is 0 Å². The lowest BCUT2D eigenvalue weighted by Crippen LogP contribution is -2.65. The van der Waals surface area contributed by atoms with Crippen molar-refractivity contribution >= 4 is 5.91 Å². The lowest BCUT2D eigenvalue weighted by molar-refractivity contribution is -0.359. The molecule has 14 heteroatoms. The Morgan fingerprint density at radius 3 is 1.13 bits per heavy atom. The van der Waals surface area contributed by atoms with E-state index < -0.39 is 86.8 Å². The third-order valence-electron chi connectivity index (χ3n) is 18.6. The van der Waals surface area contributed by atoms with Crippen LogP contribution in [0.15, 0.2) is 36.5 Å². The molecule has 9 N–H and O–H groups in total. The molecule has 2 fully saturated rings. The predicted molar refractivity (Wildman–Crippen MR) is 365 cm³/mol. The number of ether oxygens (including phenoxy) is 4. The Kier molecular flexibility index (Phi) is 56.1. The summed E-state index contributed by atoms with van der Waals surface area (Å²) in [4.78, 5) is 13.4. The fourth-order valence-corrected chi connectivity index (χ4v) is 12.6. The van der Waals surface area contributed by atoms with E-state index in [4.69, 9.17) is 18.9 Å². The van der Waals surface area contributed by atoms with Gasteiger partial charge in [0.1, 0.15) is 48.8 Å². The summed E-state index contributed by atoms with van der Waals surface area (Å²) in [6.45, 7) is 2.90. The number of nitrogens with one attached hydrogen (secondary N) is 1. The first-order valence-corrected chi connectivity index (χ1v) is 37.7. The Hall–Kier alpha value is -1.79. The van der Waals surface area contributed by atoms with Gasteiger partial charge in [0, 0.05) is 6.42 Å². The molecule has 2 aliphatic rings. The number of carbonyl (C=O) groups excluding carboxylic acids is 1. The SMILES string of the molecule is CCCCCCC/C=C\C/C=C\C/C=C\CCCCCCCCCCC(=O)NC(COC1OC(CO)C(OC2OC(CO)C(O)C(O)C2O)C(O)C1O)C(O)CCCCCCCCCCCCCCCCCCCCCCCCCCCCCCCCCC. The summed E-state index contributed by atoms with van der Waals surface area (Å²) in [7, 11) is 0. The standard InChI is InChI=1S/C75H141NO13/c1-3-5-7-9-11-13-15-17-19-21-23-25-27-28-29-30-31-32-33-34-35-37-38-40-42-44-46-48-50-52-54-56-58-64(79)63(62-86-74-72(85)70(83)73(66(61-78)88-74)89-75-71(84)69(82)68(81)65(60-77)87-75)76-67(80)59-57-55-53-51-49-47-45-43-41-39-36-26-24-22-20-18-16-14-12-10-8-6-4-2/h16,18,22,24,36,39,63-66,68-75,77-79,81-85H,3-15,17,19-21,23,25-35,37-38,40-62H2,1-2H3,(H,76,80)/b18-16-,24-22-,39-36-. The maximum absolute atomic E-state index is 13.4. The largest absolute Gasteiger partial charge is 0.394 e. The van der Waals surface area contributed by atoms with Crippen LogP contribution in [0.3, 0.4) is 0 Å². The van der Waals surface area contributed by atoms with Gasteiger partial charge in [-0.05, 0) is 51.4 Å². The van der Waals surface area contributed by atoms with Crippen LogP contribution < -0.4 is 5.32 Å². The van der Waals surface area contributed by atoms with Crippen molar-refractivity contribution in [2.45, 2.75) is 415 Å². The van der Waals surface area contributed by atoms with Crippen LogP contribution in [-0.4, -0.2) is 140 Å². The number of aliphatic hydroxyl groups excluding tert-OH is 8. The molecule has 14 nitrogen and oxygen atoms in total. The van der Waals surface area contributed by atoms with E-state index in [2.05, 4.69) is 55.6 Å². The van der Waals surface area contributed by atoms with Gasteiger partial charge in [0.2, 0.25) is 5.91 Å². The molecule has 12 unspecified atom stereocenters. The lowest BCUT2D eigenvalue weighted by Gasteiger charge is -2.46. The minimum Gasteiger partial charge on any atom is -0.394 e. The van der Waals surface area contributed by atoms with E-state index >= 15 is 0 Å².